The molecular weight excluding hydrogens is 508 g/mol. The number of rotatable bonds is 6. The van der Waals surface area contributed by atoms with Crippen molar-refractivity contribution < 1.29 is 9.90 Å². The van der Waals surface area contributed by atoms with Crippen LogP contribution in [0.2, 0.25) is 5.02 Å². The van der Waals surface area contributed by atoms with Crippen LogP contribution < -0.4 is 0 Å². The number of para-hydroxylation sites is 1. The molecule has 7 heteroatoms. The smallest absolute Gasteiger partial charge is 0.307 e. The molecule has 2 unspecified atom stereocenters. The Bertz CT molecular complexity index is 1660. The van der Waals surface area contributed by atoms with Crippen molar-refractivity contribution in [1.82, 2.24) is 3.97 Å². The number of thiophene rings is 1. The average molecular weight is 527 g/mol. The van der Waals surface area contributed by atoms with Crippen molar-refractivity contribution in [1.29, 1.82) is 5.26 Å². The van der Waals surface area contributed by atoms with Gasteiger partial charge in [-0.2, -0.15) is 5.26 Å². The van der Waals surface area contributed by atoms with Crippen molar-refractivity contribution >= 4 is 51.8 Å². The van der Waals surface area contributed by atoms with Gasteiger partial charge in [-0.15, -0.1) is 11.3 Å². The number of halogens is 1. The number of nitrogens with zero attached hydrogens (tertiary/aromatic N) is 2. The van der Waals surface area contributed by atoms with Gasteiger partial charge in [-0.3, -0.25) is 8.77 Å². The molecule has 0 amide bonds. The fourth-order valence-electron chi connectivity index (χ4n) is 4.79. The van der Waals surface area contributed by atoms with Crippen LogP contribution in [0.15, 0.2) is 89.1 Å². The van der Waals surface area contributed by atoms with Gasteiger partial charge in [0.1, 0.15) is 10.9 Å². The zero-order chi connectivity index (χ0) is 24.8. The van der Waals surface area contributed by atoms with E-state index in [1.807, 2.05) is 60.0 Å². The molecule has 3 aromatic carbocycles. The predicted molar refractivity (Wildman–Crippen MR) is 147 cm³/mol. The first-order valence-electron chi connectivity index (χ1n) is 11.4. The lowest BCUT2D eigenvalue weighted by Gasteiger charge is -2.13. The topological polar surface area (TPSA) is 66.0 Å². The number of carboxylic acid groups (broad SMARTS) is 1. The highest BCUT2D eigenvalue weighted by atomic mass is 35.5. The zero-order valence-electron chi connectivity index (χ0n) is 18.9. The summed E-state index contributed by atoms with van der Waals surface area (Å²) < 4.78 is 2.22. The lowest BCUT2D eigenvalue weighted by molar-refractivity contribution is -0.138. The van der Waals surface area contributed by atoms with E-state index in [1.165, 1.54) is 11.3 Å². The highest BCUT2D eigenvalue weighted by molar-refractivity contribution is 7.98. The number of aromatic nitrogens is 1. The van der Waals surface area contributed by atoms with Crippen molar-refractivity contribution in [2.24, 2.45) is 5.92 Å². The van der Waals surface area contributed by atoms with Gasteiger partial charge in [-0.1, -0.05) is 48.0 Å². The largest absolute Gasteiger partial charge is 0.481 e. The van der Waals surface area contributed by atoms with Crippen LogP contribution in [0.25, 0.3) is 33.3 Å². The van der Waals surface area contributed by atoms with E-state index in [2.05, 4.69) is 34.3 Å². The van der Waals surface area contributed by atoms with Crippen LogP contribution in [0.4, 0.5) is 0 Å². The van der Waals surface area contributed by atoms with Gasteiger partial charge in [-0.05, 0) is 77.7 Å². The van der Waals surface area contributed by atoms with Crippen molar-refractivity contribution in [2.45, 2.75) is 17.2 Å². The molecule has 1 N–H and O–H groups in total. The summed E-state index contributed by atoms with van der Waals surface area (Å²) in [5, 5.41) is 23.0. The summed E-state index contributed by atoms with van der Waals surface area (Å²) in [6.45, 7) is 0. The van der Waals surface area contributed by atoms with Gasteiger partial charge in [0, 0.05) is 32.0 Å². The van der Waals surface area contributed by atoms with Gasteiger partial charge < -0.3 is 5.11 Å². The number of fused-ring (bicyclic) bond motifs is 1. The number of nitriles is 1. The Morgan fingerprint density at radius 1 is 1.08 bits per heavy atom. The third-order valence-corrected chi connectivity index (χ3v) is 8.69. The molecule has 0 bridgehead atoms. The molecular formula is C29H19ClN2O2S2. The number of carbonyl (C=O) groups is 1. The van der Waals surface area contributed by atoms with E-state index in [1.54, 1.807) is 11.9 Å². The number of hydrogen-bond acceptors (Lipinski definition) is 4. The third-order valence-electron chi connectivity index (χ3n) is 6.57. The van der Waals surface area contributed by atoms with E-state index in [9.17, 15) is 15.2 Å². The minimum atomic E-state index is -0.740. The van der Waals surface area contributed by atoms with E-state index >= 15 is 0 Å². The highest BCUT2D eigenvalue weighted by Gasteiger charge is 2.44. The van der Waals surface area contributed by atoms with Crippen LogP contribution in [0.5, 0.6) is 0 Å². The van der Waals surface area contributed by atoms with E-state index in [0.717, 1.165) is 43.7 Å². The van der Waals surface area contributed by atoms with Gasteiger partial charge in [0.2, 0.25) is 0 Å². The van der Waals surface area contributed by atoms with Crippen LogP contribution in [-0.4, -0.2) is 15.0 Å². The molecule has 36 heavy (non-hydrogen) atoms. The van der Waals surface area contributed by atoms with E-state index in [0.29, 0.717) is 16.3 Å². The molecule has 1 aliphatic rings. The molecule has 1 saturated carbocycles. The maximum absolute atomic E-state index is 11.5. The van der Waals surface area contributed by atoms with Crippen LogP contribution in [0.1, 0.15) is 22.8 Å². The molecule has 2 aromatic heterocycles. The number of aliphatic carboxylic acids is 1. The van der Waals surface area contributed by atoms with E-state index in [4.69, 9.17) is 11.6 Å². The summed E-state index contributed by atoms with van der Waals surface area (Å²) in [6, 6.07) is 28.5. The maximum atomic E-state index is 11.5. The Balaban J connectivity index is 1.61. The zero-order valence-corrected chi connectivity index (χ0v) is 21.3. The fraction of sp³-hybridized carbons (Fsp3) is 0.103. The van der Waals surface area contributed by atoms with Crippen molar-refractivity contribution in [3.05, 3.63) is 99.7 Å². The standard InChI is InChI=1S/C29H19ClN2O2S2/c30-19-8-10-20(11-9-19)36-32-25-7-2-1-6-21(25)27(22-12-13-35-26(22)16-31)28(32)18-5-3-4-17(14-18)23-15-24(23)29(33)34/h1-14,23-24H,15H2,(H,33,34). The Kier molecular flexibility index (Phi) is 5.85. The molecule has 0 radical (unpaired) electrons. The fourth-order valence-corrected chi connectivity index (χ4v) is 6.62. The molecule has 0 saturated heterocycles. The first-order chi connectivity index (χ1) is 17.5. The Labute approximate surface area is 221 Å². The summed E-state index contributed by atoms with van der Waals surface area (Å²) in [5.74, 6) is -1.03. The molecule has 4 nitrogen and oxygen atoms in total. The summed E-state index contributed by atoms with van der Waals surface area (Å²) in [6.07, 6.45) is 0.664. The monoisotopic (exact) mass is 526 g/mol. The number of hydrogen-bond donors (Lipinski definition) is 1. The Hall–Kier alpha value is -3.50. The van der Waals surface area contributed by atoms with Gasteiger partial charge in [-0.25, -0.2) is 0 Å². The molecule has 1 fully saturated rings. The molecule has 0 spiro atoms. The van der Waals surface area contributed by atoms with Crippen LogP contribution in [0.3, 0.4) is 0 Å². The highest BCUT2D eigenvalue weighted by Crippen LogP contribution is 2.50. The maximum Gasteiger partial charge on any atom is 0.307 e. The molecule has 1 aliphatic carbocycles. The average Bonchev–Trinajstić information content (AvgIpc) is 3.47. The summed E-state index contributed by atoms with van der Waals surface area (Å²) in [7, 11) is 0. The van der Waals surface area contributed by atoms with Gasteiger partial charge >= 0.3 is 5.97 Å². The van der Waals surface area contributed by atoms with Gasteiger partial charge in [0.05, 0.1) is 17.1 Å². The molecule has 6 rings (SSSR count). The van der Waals surface area contributed by atoms with Crippen molar-refractivity contribution in [3.8, 4) is 28.5 Å². The lowest BCUT2D eigenvalue weighted by atomic mass is 9.97. The first kappa shape index (κ1) is 22.9. The summed E-state index contributed by atoms with van der Waals surface area (Å²) >= 11 is 9.18. The SMILES string of the molecule is N#Cc1sccc1-c1c(-c2cccc(C3CC3C(=O)O)c2)n(Sc2ccc(Cl)cc2)c2ccccc12. The minimum Gasteiger partial charge on any atom is -0.481 e. The van der Waals surface area contributed by atoms with E-state index < -0.39 is 5.97 Å². The Morgan fingerprint density at radius 2 is 1.89 bits per heavy atom. The second kappa shape index (κ2) is 9.18. The molecule has 176 valence electrons. The van der Waals surface area contributed by atoms with Crippen molar-refractivity contribution in [2.75, 3.05) is 0 Å². The van der Waals surface area contributed by atoms with Crippen molar-refractivity contribution in [3.63, 3.8) is 0 Å². The second-order valence-corrected chi connectivity index (χ2v) is 11.1. The molecule has 2 heterocycles. The Morgan fingerprint density at radius 3 is 2.64 bits per heavy atom. The van der Waals surface area contributed by atoms with Gasteiger partial charge in [0.25, 0.3) is 0 Å². The van der Waals surface area contributed by atoms with Crippen LogP contribution >= 0.6 is 34.9 Å². The number of benzene rings is 3. The summed E-state index contributed by atoms with van der Waals surface area (Å²) in [5.41, 5.74) is 5.96. The number of carboxylic acids is 1. The molecule has 2 atom stereocenters. The quantitative estimate of drug-likeness (QED) is 0.241. The van der Waals surface area contributed by atoms with Gasteiger partial charge in [0.15, 0.2) is 0 Å². The minimum absolute atomic E-state index is 0.0310. The molecule has 5 aromatic rings. The third kappa shape index (κ3) is 4.00. The van der Waals surface area contributed by atoms with Crippen LogP contribution in [-0.2, 0) is 4.79 Å². The summed E-state index contributed by atoms with van der Waals surface area (Å²) in [4.78, 5) is 13.2. The molecule has 0 aliphatic heterocycles. The predicted octanol–water partition coefficient (Wildman–Crippen LogP) is 8.31. The first-order valence-corrected chi connectivity index (χ1v) is 13.5. The van der Waals surface area contributed by atoms with E-state index in [-0.39, 0.29) is 11.8 Å². The lowest BCUT2D eigenvalue weighted by Crippen LogP contribution is -1.99. The normalized spacial score (nSPS) is 16.7. The second-order valence-electron chi connectivity index (χ2n) is 8.77. The van der Waals surface area contributed by atoms with Crippen LogP contribution in [0, 0.1) is 17.2 Å².